The standard InChI is InChI=1S/C11H16FN3O/c1-11(2,10(16)13-3)7-15-9-8(12)5-4-6-14-9/h4-6H,7H2,1-3H3,(H,13,16)(H,14,15). The van der Waals surface area contributed by atoms with Crippen LogP contribution in [-0.4, -0.2) is 24.5 Å². The van der Waals surface area contributed by atoms with Crippen molar-refractivity contribution in [2.75, 3.05) is 18.9 Å². The molecule has 1 heterocycles. The van der Waals surface area contributed by atoms with Crippen LogP contribution in [0.15, 0.2) is 18.3 Å². The largest absolute Gasteiger partial charge is 0.367 e. The number of carbonyl (C=O) groups excluding carboxylic acids is 1. The van der Waals surface area contributed by atoms with Gasteiger partial charge in [0.25, 0.3) is 0 Å². The van der Waals surface area contributed by atoms with Gasteiger partial charge in [0.15, 0.2) is 11.6 Å². The summed E-state index contributed by atoms with van der Waals surface area (Å²) in [5.41, 5.74) is -0.612. The van der Waals surface area contributed by atoms with E-state index in [0.717, 1.165) is 0 Å². The third-order valence-corrected chi connectivity index (χ3v) is 2.30. The lowest BCUT2D eigenvalue weighted by molar-refractivity contribution is -0.128. The molecule has 0 aliphatic carbocycles. The summed E-state index contributed by atoms with van der Waals surface area (Å²) in [6, 6.07) is 2.84. The Labute approximate surface area is 94.3 Å². The van der Waals surface area contributed by atoms with Crippen molar-refractivity contribution in [3.63, 3.8) is 0 Å². The van der Waals surface area contributed by atoms with E-state index in [9.17, 15) is 9.18 Å². The van der Waals surface area contributed by atoms with Gasteiger partial charge in [-0.3, -0.25) is 4.79 Å². The van der Waals surface area contributed by atoms with Crippen LogP contribution in [0, 0.1) is 11.2 Å². The maximum absolute atomic E-state index is 13.2. The SMILES string of the molecule is CNC(=O)C(C)(C)CNc1ncccc1F. The van der Waals surface area contributed by atoms with E-state index < -0.39 is 11.2 Å². The van der Waals surface area contributed by atoms with Gasteiger partial charge in [0.05, 0.1) is 5.41 Å². The van der Waals surface area contributed by atoms with Crippen LogP contribution in [0.2, 0.25) is 0 Å². The number of halogens is 1. The number of pyridine rings is 1. The van der Waals surface area contributed by atoms with E-state index in [1.54, 1.807) is 20.9 Å². The monoisotopic (exact) mass is 225 g/mol. The first-order valence-electron chi connectivity index (χ1n) is 5.04. The fourth-order valence-electron chi connectivity index (χ4n) is 1.24. The van der Waals surface area contributed by atoms with E-state index in [1.807, 2.05) is 0 Å². The van der Waals surface area contributed by atoms with Crippen molar-refractivity contribution >= 4 is 11.7 Å². The van der Waals surface area contributed by atoms with Crippen LogP contribution in [-0.2, 0) is 4.79 Å². The highest BCUT2D eigenvalue weighted by Crippen LogP contribution is 2.17. The third kappa shape index (κ3) is 2.92. The lowest BCUT2D eigenvalue weighted by atomic mass is 9.92. The Morgan fingerprint density at radius 1 is 1.56 bits per heavy atom. The van der Waals surface area contributed by atoms with Gasteiger partial charge < -0.3 is 10.6 Å². The Balaban J connectivity index is 2.65. The molecule has 0 bridgehead atoms. The zero-order valence-corrected chi connectivity index (χ0v) is 9.67. The van der Waals surface area contributed by atoms with Crippen LogP contribution in [0.25, 0.3) is 0 Å². The van der Waals surface area contributed by atoms with Crippen molar-refractivity contribution in [1.29, 1.82) is 0 Å². The van der Waals surface area contributed by atoms with Gasteiger partial charge in [-0.05, 0) is 26.0 Å². The summed E-state index contributed by atoms with van der Waals surface area (Å²) >= 11 is 0. The maximum Gasteiger partial charge on any atom is 0.227 e. The molecule has 0 spiro atoms. The van der Waals surface area contributed by atoms with Crippen LogP contribution in [0.1, 0.15) is 13.8 Å². The summed E-state index contributed by atoms with van der Waals surface area (Å²) in [6.07, 6.45) is 1.50. The van der Waals surface area contributed by atoms with Crippen LogP contribution in [0.5, 0.6) is 0 Å². The minimum atomic E-state index is -0.612. The van der Waals surface area contributed by atoms with Crippen molar-refractivity contribution in [2.45, 2.75) is 13.8 Å². The predicted molar refractivity (Wildman–Crippen MR) is 60.5 cm³/mol. The molecule has 88 valence electrons. The number of rotatable bonds is 4. The Morgan fingerprint density at radius 2 is 2.25 bits per heavy atom. The van der Waals surface area contributed by atoms with Crippen molar-refractivity contribution < 1.29 is 9.18 Å². The Kier molecular flexibility index (Phi) is 3.82. The van der Waals surface area contributed by atoms with Gasteiger partial charge >= 0.3 is 0 Å². The number of amides is 1. The molecular formula is C11H16FN3O. The quantitative estimate of drug-likeness (QED) is 0.814. The third-order valence-electron chi connectivity index (χ3n) is 2.30. The smallest absolute Gasteiger partial charge is 0.227 e. The number of hydrogen-bond donors (Lipinski definition) is 2. The van der Waals surface area contributed by atoms with Crippen molar-refractivity contribution in [1.82, 2.24) is 10.3 Å². The van der Waals surface area contributed by atoms with Crippen LogP contribution in [0.3, 0.4) is 0 Å². The average Bonchev–Trinajstić information content (AvgIpc) is 2.27. The van der Waals surface area contributed by atoms with Crippen molar-refractivity contribution in [3.05, 3.63) is 24.1 Å². The number of aromatic nitrogens is 1. The number of nitrogens with zero attached hydrogens (tertiary/aromatic N) is 1. The van der Waals surface area contributed by atoms with E-state index in [4.69, 9.17) is 0 Å². The second-order valence-corrected chi connectivity index (χ2v) is 4.15. The van der Waals surface area contributed by atoms with Crippen LogP contribution in [0.4, 0.5) is 10.2 Å². The highest BCUT2D eigenvalue weighted by atomic mass is 19.1. The molecule has 2 N–H and O–H groups in total. The molecule has 1 aromatic heterocycles. The van der Waals surface area contributed by atoms with E-state index >= 15 is 0 Å². The fraction of sp³-hybridized carbons (Fsp3) is 0.455. The van der Waals surface area contributed by atoms with Gasteiger partial charge in [0.2, 0.25) is 5.91 Å². The Hall–Kier alpha value is -1.65. The minimum absolute atomic E-state index is 0.101. The zero-order chi connectivity index (χ0) is 12.2. The predicted octanol–water partition coefficient (Wildman–Crippen LogP) is 1.40. The molecule has 0 saturated heterocycles. The second kappa shape index (κ2) is 4.92. The molecule has 4 nitrogen and oxygen atoms in total. The highest BCUT2D eigenvalue weighted by molar-refractivity contribution is 5.82. The highest BCUT2D eigenvalue weighted by Gasteiger charge is 2.26. The zero-order valence-electron chi connectivity index (χ0n) is 9.67. The molecule has 1 aromatic rings. The molecule has 16 heavy (non-hydrogen) atoms. The van der Waals surface area contributed by atoms with Gasteiger partial charge in [0.1, 0.15) is 0 Å². The van der Waals surface area contributed by atoms with E-state index in [0.29, 0.717) is 6.54 Å². The number of carbonyl (C=O) groups is 1. The normalized spacial score (nSPS) is 11.0. The summed E-state index contributed by atoms with van der Waals surface area (Å²) in [4.78, 5) is 15.3. The Bertz CT molecular complexity index is 379. The summed E-state index contributed by atoms with van der Waals surface area (Å²) in [5, 5.41) is 5.38. The molecule has 0 atom stereocenters. The van der Waals surface area contributed by atoms with E-state index in [2.05, 4.69) is 15.6 Å². The summed E-state index contributed by atoms with van der Waals surface area (Å²) in [6.45, 7) is 3.87. The second-order valence-electron chi connectivity index (χ2n) is 4.15. The van der Waals surface area contributed by atoms with Crippen LogP contribution >= 0.6 is 0 Å². The summed E-state index contributed by atoms with van der Waals surface area (Å²) in [5.74, 6) is -0.356. The molecule has 1 rings (SSSR count). The lowest BCUT2D eigenvalue weighted by Crippen LogP contribution is -2.39. The van der Waals surface area contributed by atoms with E-state index in [-0.39, 0.29) is 11.7 Å². The molecule has 0 aliphatic heterocycles. The van der Waals surface area contributed by atoms with Crippen LogP contribution < -0.4 is 10.6 Å². The van der Waals surface area contributed by atoms with Gasteiger partial charge in [0, 0.05) is 19.8 Å². The maximum atomic E-state index is 13.2. The number of nitrogens with one attached hydrogen (secondary N) is 2. The molecule has 0 aromatic carbocycles. The topological polar surface area (TPSA) is 54.0 Å². The molecule has 0 unspecified atom stereocenters. The first-order chi connectivity index (χ1) is 7.47. The van der Waals surface area contributed by atoms with Gasteiger partial charge in [-0.2, -0.15) is 0 Å². The molecule has 1 amide bonds. The van der Waals surface area contributed by atoms with Gasteiger partial charge in [-0.25, -0.2) is 9.37 Å². The van der Waals surface area contributed by atoms with Gasteiger partial charge in [-0.15, -0.1) is 0 Å². The minimum Gasteiger partial charge on any atom is -0.367 e. The van der Waals surface area contributed by atoms with Crippen molar-refractivity contribution in [3.8, 4) is 0 Å². The average molecular weight is 225 g/mol. The molecule has 0 fully saturated rings. The van der Waals surface area contributed by atoms with Gasteiger partial charge in [-0.1, -0.05) is 0 Å². The summed E-state index contributed by atoms with van der Waals surface area (Å²) in [7, 11) is 1.57. The summed E-state index contributed by atoms with van der Waals surface area (Å²) < 4.78 is 13.2. The molecule has 0 saturated carbocycles. The number of hydrogen-bond acceptors (Lipinski definition) is 3. The first kappa shape index (κ1) is 12.4. The Morgan fingerprint density at radius 3 is 2.81 bits per heavy atom. The molecular weight excluding hydrogens is 209 g/mol. The lowest BCUT2D eigenvalue weighted by Gasteiger charge is -2.23. The van der Waals surface area contributed by atoms with E-state index in [1.165, 1.54) is 18.3 Å². The molecule has 0 radical (unpaired) electrons. The first-order valence-corrected chi connectivity index (χ1v) is 5.04. The fourth-order valence-corrected chi connectivity index (χ4v) is 1.24. The van der Waals surface area contributed by atoms with Crippen molar-refractivity contribution in [2.24, 2.45) is 5.41 Å². The molecule has 0 aliphatic rings. The number of anilines is 1. The molecule has 5 heteroatoms.